The molecule has 1 aliphatic carbocycles. The molecular weight excluding hydrogens is 406 g/mol. The second kappa shape index (κ2) is 7.74. The van der Waals surface area contributed by atoms with Gasteiger partial charge in [-0.3, -0.25) is 4.79 Å². The number of sulfonamides is 1. The minimum absolute atomic E-state index is 0.153. The standard InChI is InChI=1S/C22H21NO4S2/c24-21(25)22(15-19(22)17-9-5-2-6-10-17)23-29(26,27)20-14-13-18(28-20)12-11-16-7-3-1-4-8-16/h1-10,13-14,19,23H,11-12,15H2,(H,24,25). The van der Waals surface area contributed by atoms with Crippen LogP contribution in [0.5, 0.6) is 0 Å². The van der Waals surface area contributed by atoms with E-state index in [0.29, 0.717) is 0 Å². The molecule has 2 aromatic carbocycles. The zero-order chi connectivity index (χ0) is 20.5. The molecule has 7 heteroatoms. The molecule has 0 amide bonds. The summed E-state index contributed by atoms with van der Waals surface area (Å²) in [6.07, 6.45) is 1.81. The fourth-order valence-corrected chi connectivity index (χ4v) is 6.34. The van der Waals surface area contributed by atoms with E-state index in [1.165, 1.54) is 16.9 Å². The van der Waals surface area contributed by atoms with Crippen LogP contribution in [0.15, 0.2) is 77.0 Å². The highest BCUT2D eigenvalue weighted by atomic mass is 32.2. The molecule has 3 aromatic rings. The molecule has 2 unspecified atom stereocenters. The molecule has 2 atom stereocenters. The number of thiophene rings is 1. The molecule has 1 heterocycles. The monoisotopic (exact) mass is 427 g/mol. The van der Waals surface area contributed by atoms with Crippen molar-refractivity contribution in [3.05, 3.63) is 88.8 Å². The van der Waals surface area contributed by atoms with E-state index in [-0.39, 0.29) is 16.5 Å². The number of carbonyl (C=O) groups is 1. The van der Waals surface area contributed by atoms with Crippen LogP contribution in [-0.4, -0.2) is 25.0 Å². The van der Waals surface area contributed by atoms with Crippen molar-refractivity contribution in [1.82, 2.24) is 4.72 Å². The van der Waals surface area contributed by atoms with Gasteiger partial charge in [-0.05, 0) is 42.5 Å². The number of carboxylic acid groups (broad SMARTS) is 1. The molecule has 1 fully saturated rings. The van der Waals surface area contributed by atoms with Crippen LogP contribution >= 0.6 is 11.3 Å². The summed E-state index contributed by atoms with van der Waals surface area (Å²) in [7, 11) is -3.92. The van der Waals surface area contributed by atoms with E-state index in [2.05, 4.69) is 4.72 Å². The van der Waals surface area contributed by atoms with Gasteiger partial charge in [-0.25, -0.2) is 8.42 Å². The van der Waals surface area contributed by atoms with Gasteiger partial charge in [0.05, 0.1) is 0 Å². The van der Waals surface area contributed by atoms with E-state index in [1.54, 1.807) is 12.1 Å². The van der Waals surface area contributed by atoms with Crippen LogP contribution in [-0.2, 0) is 27.7 Å². The highest BCUT2D eigenvalue weighted by molar-refractivity contribution is 7.91. The molecular formula is C22H21NO4S2. The molecule has 1 aromatic heterocycles. The number of hydrogen-bond acceptors (Lipinski definition) is 4. The molecule has 150 valence electrons. The lowest BCUT2D eigenvalue weighted by Crippen LogP contribution is -2.44. The molecule has 4 rings (SSSR count). The Morgan fingerprint density at radius 2 is 1.66 bits per heavy atom. The first-order valence-corrected chi connectivity index (χ1v) is 11.7. The first kappa shape index (κ1) is 19.8. The van der Waals surface area contributed by atoms with Crippen molar-refractivity contribution in [3.63, 3.8) is 0 Å². The van der Waals surface area contributed by atoms with Crippen molar-refractivity contribution in [2.75, 3.05) is 0 Å². The minimum atomic E-state index is -3.92. The number of carboxylic acids is 1. The lowest BCUT2D eigenvalue weighted by molar-refractivity contribution is -0.140. The van der Waals surface area contributed by atoms with E-state index >= 15 is 0 Å². The summed E-state index contributed by atoms with van der Waals surface area (Å²) in [6, 6.07) is 22.5. The fourth-order valence-electron chi connectivity index (χ4n) is 3.58. The third-order valence-corrected chi connectivity index (χ3v) is 8.41. The van der Waals surface area contributed by atoms with Crippen LogP contribution in [0.4, 0.5) is 0 Å². The highest BCUT2D eigenvalue weighted by Crippen LogP contribution is 2.52. The van der Waals surface area contributed by atoms with Crippen LogP contribution in [0, 0.1) is 0 Å². The maximum absolute atomic E-state index is 12.9. The average molecular weight is 428 g/mol. The van der Waals surface area contributed by atoms with Crippen LogP contribution < -0.4 is 4.72 Å². The van der Waals surface area contributed by atoms with Crippen molar-refractivity contribution in [3.8, 4) is 0 Å². The van der Waals surface area contributed by atoms with Gasteiger partial charge in [0.15, 0.2) is 0 Å². The van der Waals surface area contributed by atoms with Crippen LogP contribution in [0.3, 0.4) is 0 Å². The number of hydrogen-bond donors (Lipinski definition) is 2. The summed E-state index contributed by atoms with van der Waals surface area (Å²) >= 11 is 1.19. The fraction of sp³-hybridized carbons (Fsp3) is 0.227. The van der Waals surface area contributed by atoms with E-state index in [1.807, 2.05) is 60.7 Å². The van der Waals surface area contributed by atoms with Crippen molar-refractivity contribution in [2.45, 2.75) is 34.9 Å². The van der Waals surface area contributed by atoms with Crippen molar-refractivity contribution < 1.29 is 18.3 Å². The molecule has 0 bridgehead atoms. The predicted octanol–water partition coefficient (Wildman–Crippen LogP) is 3.82. The maximum Gasteiger partial charge on any atom is 0.325 e. The van der Waals surface area contributed by atoms with E-state index < -0.39 is 21.5 Å². The van der Waals surface area contributed by atoms with Gasteiger partial charge in [-0.2, -0.15) is 4.72 Å². The molecule has 29 heavy (non-hydrogen) atoms. The van der Waals surface area contributed by atoms with Gasteiger partial charge in [0, 0.05) is 10.8 Å². The summed E-state index contributed by atoms with van der Waals surface area (Å²) in [5.41, 5.74) is 0.540. The lowest BCUT2D eigenvalue weighted by Gasteiger charge is -2.14. The first-order chi connectivity index (χ1) is 13.9. The molecule has 2 N–H and O–H groups in total. The summed E-state index contributed by atoms with van der Waals surface area (Å²) in [5.74, 6) is -1.51. The minimum Gasteiger partial charge on any atom is -0.480 e. The Bertz CT molecular complexity index is 1110. The average Bonchev–Trinajstić information content (AvgIpc) is 3.23. The van der Waals surface area contributed by atoms with Crippen molar-refractivity contribution in [2.24, 2.45) is 0 Å². The summed E-state index contributed by atoms with van der Waals surface area (Å²) in [4.78, 5) is 12.9. The predicted molar refractivity (Wildman–Crippen MR) is 113 cm³/mol. The van der Waals surface area contributed by atoms with Gasteiger partial charge in [0.25, 0.3) is 10.0 Å². The second-order valence-corrected chi connectivity index (χ2v) is 10.3. The van der Waals surface area contributed by atoms with E-state index in [9.17, 15) is 18.3 Å². The number of benzene rings is 2. The molecule has 0 radical (unpaired) electrons. The van der Waals surface area contributed by atoms with Gasteiger partial charge in [-0.15, -0.1) is 11.3 Å². The van der Waals surface area contributed by atoms with Gasteiger partial charge >= 0.3 is 5.97 Å². The van der Waals surface area contributed by atoms with Gasteiger partial charge < -0.3 is 5.11 Å². The van der Waals surface area contributed by atoms with E-state index in [0.717, 1.165) is 23.3 Å². The Balaban J connectivity index is 1.48. The Labute approximate surface area is 174 Å². The quantitative estimate of drug-likeness (QED) is 0.572. The van der Waals surface area contributed by atoms with Crippen LogP contribution in [0.2, 0.25) is 0 Å². The highest BCUT2D eigenvalue weighted by Gasteiger charge is 2.63. The third kappa shape index (κ3) is 4.12. The molecule has 1 aliphatic rings. The Morgan fingerprint density at radius 1 is 1.00 bits per heavy atom. The maximum atomic E-state index is 12.9. The van der Waals surface area contributed by atoms with Gasteiger partial charge in [-0.1, -0.05) is 60.7 Å². The van der Waals surface area contributed by atoms with Crippen molar-refractivity contribution in [1.29, 1.82) is 0 Å². The zero-order valence-corrected chi connectivity index (χ0v) is 17.2. The smallest absolute Gasteiger partial charge is 0.325 e. The Kier molecular flexibility index (Phi) is 5.29. The third-order valence-electron chi connectivity index (χ3n) is 5.27. The normalized spacial score (nSPS) is 21.0. The van der Waals surface area contributed by atoms with Crippen LogP contribution in [0.1, 0.15) is 28.3 Å². The number of rotatable bonds is 8. The second-order valence-electron chi connectivity index (χ2n) is 7.26. The summed E-state index contributed by atoms with van der Waals surface area (Å²) in [5, 5.41) is 9.74. The van der Waals surface area contributed by atoms with E-state index in [4.69, 9.17) is 0 Å². The summed E-state index contributed by atoms with van der Waals surface area (Å²) < 4.78 is 28.4. The number of aliphatic carboxylic acids is 1. The molecule has 1 saturated carbocycles. The molecule has 5 nitrogen and oxygen atoms in total. The van der Waals surface area contributed by atoms with Crippen LogP contribution in [0.25, 0.3) is 0 Å². The van der Waals surface area contributed by atoms with Crippen molar-refractivity contribution >= 4 is 27.3 Å². The molecule has 0 aliphatic heterocycles. The molecule has 0 saturated heterocycles. The zero-order valence-electron chi connectivity index (χ0n) is 15.6. The Morgan fingerprint density at radius 3 is 2.31 bits per heavy atom. The summed E-state index contributed by atoms with van der Waals surface area (Å²) in [6.45, 7) is 0. The first-order valence-electron chi connectivity index (χ1n) is 9.36. The van der Waals surface area contributed by atoms with Gasteiger partial charge in [0.1, 0.15) is 9.75 Å². The SMILES string of the molecule is O=C(O)C1(NS(=O)(=O)c2ccc(CCc3ccccc3)s2)CC1c1ccccc1. The lowest BCUT2D eigenvalue weighted by atomic mass is 10.1. The number of nitrogens with one attached hydrogen (secondary N) is 1. The van der Waals surface area contributed by atoms with Gasteiger partial charge in [0.2, 0.25) is 0 Å². The Hall–Kier alpha value is -2.48. The molecule has 0 spiro atoms. The largest absolute Gasteiger partial charge is 0.480 e. The topological polar surface area (TPSA) is 83.5 Å². The number of aryl methyl sites for hydroxylation is 2.